The Kier molecular flexibility index (Phi) is 12.0. The SMILES string of the molecule is C[C](C)=[Ti+2].Cc1cc2c(-c3cccc4ccccc34)cccc2[cH-]1.Cc1cc2c(-c3cccc4ccccc34)cccc2[cH-]1.[Cl-].[Cl-]. The molecule has 0 saturated heterocycles. The number of hydrogen-bond donors (Lipinski definition) is 0. The molecule has 228 valence electrons. The Hall–Kier alpha value is -3.78. The van der Waals surface area contributed by atoms with Gasteiger partial charge in [-0.2, -0.15) is 12.1 Å². The summed E-state index contributed by atoms with van der Waals surface area (Å²) in [5, 5.41) is 10.6. The van der Waals surface area contributed by atoms with E-state index in [-0.39, 0.29) is 24.8 Å². The van der Waals surface area contributed by atoms with Gasteiger partial charge in [0.15, 0.2) is 0 Å². The number of fused-ring (bicyclic) bond motifs is 4. The van der Waals surface area contributed by atoms with Gasteiger partial charge in [0.25, 0.3) is 0 Å². The molecule has 0 amide bonds. The van der Waals surface area contributed by atoms with E-state index in [0.717, 1.165) is 0 Å². The molecule has 0 fully saturated rings. The fourth-order valence-corrected chi connectivity index (χ4v) is 6.16. The Labute approximate surface area is 296 Å². The molecule has 0 unspecified atom stereocenters. The Bertz CT molecular complexity index is 2080. The van der Waals surface area contributed by atoms with E-state index < -0.39 is 0 Å². The molecule has 0 aromatic heterocycles. The molecule has 0 nitrogen and oxygen atoms in total. The first kappa shape index (κ1) is 35.1. The number of aryl methyl sites for hydroxylation is 2. The summed E-state index contributed by atoms with van der Waals surface area (Å²) in [5.74, 6) is 0. The Morgan fingerprint density at radius 3 is 1.13 bits per heavy atom. The second kappa shape index (κ2) is 15.7. The average Bonchev–Trinajstić information content (AvgIpc) is 3.61. The summed E-state index contributed by atoms with van der Waals surface area (Å²) in [4.78, 5) is 0. The van der Waals surface area contributed by atoms with Crippen molar-refractivity contribution >= 4 is 46.9 Å². The van der Waals surface area contributed by atoms with E-state index in [2.05, 4.69) is 193 Å². The minimum Gasteiger partial charge on any atom is -1.00 e. The van der Waals surface area contributed by atoms with Gasteiger partial charge in [0.05, 0.1) is 0 Å². The first-order valence-electron chi connectivity index (χ1n) is 15.2. The Morgan fingerprint density at radius 1 is 0.435 bits per heavy atom. The maximum Gasteiger partial charge on any atom is -0.0114 e. The maximum atomic E-state index is 2.28. The number of hydrogen-bond acceptors (Lipinski definition) is 0. The third-order valence-corrected chi connectivity index (χ3v) is 7.95. The van der Waals surface area contributed by atoms with E-state index in [1.165, 1.54) is 80.3 Å². The minimum absolute atomic E-state index is 0. The molecular weight excluding hydrogens is 635 g/mol. The summed E-state index contributed by atoms with van der Waals surface area (Å²) in [5.41, 5.74) is 7.94. The van der Waals surface area contributed by atoms with Gasteiger partial charge in [-0.1, -0.05) is 122 Å². The molecule has 0 aliphatic rings. The van der Waals surface area contributed by atoms with E-state index in [1.54, 1.807) is 0 Å². The van der Waals surface area contributed by atoms with E-state index in [1.807, 2.05) is 0 Å². The Balaban J connectivity index is 0.000000180. The maximum absolute atomic E-state index is 2.28. The van der Waals surface area contributed by atoms with Crippen molar-refractivity contribution in [2.45, 2.75) is 27.7 Å². The van der Waals surface area contributed by atoms with Crippen molar-refractivity contribution in [3.63, 3.8) is 0 Å². The van der Waals surface area contributed by atoms with Gasteiger partial charge < -0.3 is 24.8 Å². The fraction of sp³-hybridized carbons (Fsp3) is 0.0930. The summed E-state index contributed by atoms with van der Waals surface area (Å²) >= 11 is 2.08. The Morgan fingerprint density at radius 2 is 0.739 bits per heavy atom. The standard InChI is InChI=1S/2C20H15.C3H6.2ClH.Ti/c2*1-14-12-16-8-5-11-19(20(16)13-14)18-10-4-7-15-6-2-3-9-17(15)18;1-3-2;;;/h2*2-13H,1H3;1-2H3;2*1H;/q2*-1;;;;+2/p-2. The first-order chi connectivity index (χ1) is 21.4. The molecule has 0 saturated carbocycles. The summed E-state index contributed by atoms with van der Waals surface area (Å²) in [7, 11) is 0. The number of halogens is 2. The molecule has 0 bridgehead atoms. The van der Waals surface area contributed by atoms with Gasteiger partial charge in [-0.15, -0.1) is 69.1 Å². The second-order valence-corrected chi connectivity index (χ2v) is 13.3. The number of benzene rings is 6. The van der Waals surface area contributed by atoms with Crippen LogP contribution in [0, 0.1) is 13.8 Å². The molecule has 0 radical (unpaired) electrons. The molecule has 0 spiro atoms. The van der Waals surface area contributed by atoms with Gasteiger partial charge in [-0.05, 0) is 32.7 Å². The molecule has 0 aliphatic carbocycles. The van der Waals surface area contributed by atoms with Crippen LogP contribution in [0.3, 0.4) is 0 Å². The van der Waals surface area contributed by atoms with Gasteiger partial charge in [0.1, 0.15) is 0 Å². The zero-order valence-corrected chi connectivity index (χ0v) is 29.7. The summed E-state index contributed by atoms with van der Waals surface area (Å²) in [6.45, 7) is 8.49. The monoisotopic (exact) mass is 670 g/mol. The van der Waals surface area contributed by atoms with E-state index in [0.29, 0.717) is 0 Å². The zero-order valence-electron chi connectivity index (χ0n) is 26.6. The summed E-state index contributed by atoms with van der Waals surface area (Å²) in [6, 6.07) is 52.5. The van der Waals surface area contributed by atoms with Crippen LogP contribution >= 0.6 is 0 Å². The van der Waals surface area contributed by atoms with Crippen molar-refractivity contribution in [2.75, 3.05) is 0 Å². The first-order valence-corrected chi connectivity index (χ1v) is 16.0. The zero-order chi connectivity index (χ0) is 30.6. The van der Waals surface area contributed by atoms with Crippen LogP contribution in [0.5, 0.6) is 0 Å². The second-order valence-electron chi connectivity index (χ2n) is 11.7. The molecule has 8 aromatic carbocycles. The van der Waals surface area contributed by atoms with Crippen molar-refractivity contribution in [3.8, 4) is 22.3 Å². The molecule has 0 heterocycles. The van der Waals surface area contributed by atoms with Gasteiger partial charge in [0, 0.05) is 0 Å². The van der Waals surface area contributed by atoms with Gasteiger partial charge >= 0.3 is 37.6 Å². The molecule has 0 N–H and O–H groups in total. The summed E-state index contributed by atoms with van der Waals surface area (Å²) < 4.78 is 1.42. The van der Waals surface area contributed by atoms with Crippen LogP contribution in [-0.4, -0.2) is 3.81 Å². The molecule has 3 heteroatoms. The van der Waals surface area contributed by atoms with Crippen molar-refractivity contribution in [1.82, 2.24) is 0 Å². The third kappa shape index (κ3) is 7.60. The molecule has 46 heavy (non-hydrogen) atoms. The van der Waals surface area contributed by atoms with Crippen molar-refractivity contribution in [3.05, 3.63) is 157 Å². The van der Waals surface area contributed by atoms with Gasteiger partial charge in [0.2, 0.25) is 0 Å². The van der Waals surface area contributed by atoms with Crippen LogP contribution in [0.25, 0.3) is 65.3 Å². The smallest absolute Gasteiger partial charge is 0.0114 e. The summed E-state index contributed by atoms with van der Waals surface area (Å²) in [6.07, 6.45) is 0. The van der Waals surface area contributed by atoms with Crippen LogP contribution in [0.4, 0.5) is 0 Å². The van der Waals surface area contributed by atoms with Crippen molar-refractivity contribution < 1.29 is 44.8 Å². The van der Waals surface area contributed by atoms with Gasteiger partial charge in [-0.3, -0.25) is 0 Å². The van der Waals surface area contributed by atoms with Crippen LogP contribution in [-0.2, 0) is 20.0 Å². The van der Waals surface area contributed by atoms with Crippen LogP contribution in [0.1, 0.15) is 25.0 Å². The topological polar surface area (TPSA) is 0 Å². The van der Waals surface area contributed by atoms with Gasteiger partial charge in [-0.25, -0.2) is 0 Å². The normalized spacial score (nSPS) is 10.4. The fourth-order valence-electron chi connectivity index (χ4n) is 6.16. The molecule has 8 rings (SSSR count). The van der Waals surface area contributed by atoms with Crippen molar-refractivity contribution in [2.24, 2.45) is 0 Å². The third-order valence-electron chi connectivity index (χ3n) is 7.95. The van der Waals surface area contributed by atoms with Crippen LogP contribution in [0.2, 0.25) is 0 Å². The van der Waals surface area contributed by atoms with Crippen LogP contribution < -0.4 is 24.8 Å². The molecular formula is C43H36Cl2Ti-2. The molecule has 0 atom stereocenters. The van der Waals surface area contributed by atoms with E-state index >= 15 is 0 Å². The average molecular weight is 672 g/mol. The quantitative estimate of drug-likeness (QED) is 0.153. The molecule has 0 aliphatic heterocycles. The minimum atomic E-state index is 0. The van der Waals surface area contributed by atoms with Crippen molar-refractivity contribution in [1.29, 1.82) is 0 Å². The predicted octanol–water partition coefficient (Wildman–Crippen LogP) is 6.13. The predicted molar refractivity (Wildman–Crippen MR) is 191 cm³/mol. The largest absolute Gasteiger partial charge is 1.00 e. The van der Waals surface area contributed by atoms with Crippen LogP contribution in [0.15, 0.2) is 146 Å². The van der Waals surface area contributed by atoms with E-state index in [4.69, 9.17) is 0 Å². The van der Waals surface area contributed by atoms with E-state index in [9.17, 15) is 0 Å². The molecule has 8 aromatic rings. The number of rotatable bonds is 2.